The highest BCUT2D eigenvalue weighted by molar-refractivity contribution is 9.10. The minimum atomic E-state index is -0.681. The highest BCUT2D eigenvalue weighted by Gasteiger charge is 2.28. The number of benzene rings is 1. The molecule has 4 heteroatoms. The maximum atomic E-state index is 10.9. The van der Waals surface area contributed by atoms with Crippen molar-refractivity contribution in [3.8, 4) is 0 Å². The van der Waals surface area contributed by atoms with E-state index in [1.165, 1.54) is 5.56 Å². The highest BCUT2D eigenvalue weighted by atomic mass is 79.9. The molecule has 0 amide bonds. The predicted molar refractivity (Wildman–Crippen MR) is 88.3 cm³/mol. The third-order valence-electron chi connectivity index (χ3n) is 4.67. The Kier molecular flexibility index (Phi) is 5.82. The van der Waals surface area contributed by atoms with Gasteiger partial charge in [0.15, 0.2) is 0 Å². The molecule has 0 aliphatic carbocycles. The van der Waals surface area contributed by atoms with E-state index < -0.39 is 5.97 Å². The van der Waals surface area contributed by atoms with Crippen LogP contribution >= 0.6 is 15.9 Å². The third kappa shape index (κ3) is 4.55. The van der Waals surface area contributed by atoms with Crippen LogP contribution in [0, 0.1) is 11.8 Å². The zero-order valence-electron chi connectivity index (χ0n) is 12.8. The first kappa shape index (κ1) is 16.5. The Morgan fingerprint density at radius 1 is 1.48 bits per heavy atom. The molecule has 2 rings (SSSR count). The summed E-state index contributed by atoms with van der Waals surface area (Å²) in [6.07, 6.45) is 2.59. The van der Waals surface area contributed by atoms with Crippen LogP contribution in [0.2, 0.25) is 0 Å². The number of nitrogens with zero attached hydrogens (tertiary/aromatic N) is 1. The number of likely N-dealkylation sites (tertiary alicyclic amines) is 1. The summed E-state index contributed by atoms with van der Waals surface area (Å²) in [7, 11) is 0. The van der Waals surface area contributed by atoms with E-state index in [2.05, 4.69) is 52.9 Å². The Labute approximate surface area is 135 Å². The van der Waals surface area contributed by atoms with Crippen molar-refractivity contribution in [1.82, 2.24) is 4.90 Å². The minimum absolute atomic E-state index is 0.250. The van der Waals surface area contributed by atoms with Crippen molar-refractivity contribution in [1.29, 1.82) is 0 Å². The fourth-order valence-electron chi connectivity index (χ4n) is 3.28. The van der Waals surface area contributed by atoms with E-state index in [1.807, 2.05) is 6.07 Å². The molecule has 3 nitrogen and oxygen atoms in total. The van der Waals surface area contributed by atoms with Gasteiger partial charge in [0.1, 0.15) is 0 Å². The quantitative estimate of drug-likeness (QED) is 0.856. The van der Waals surface area contributed by atoms with E-state index >= 15 is 0 Å². The number of hydrogen-bond acceptors (Lipinski definition) is 2. The van der Waals surface area contributed by atoms with Crippen molar-refractivity contribution in [2.24, 2.45) is 11.8 Å². The lowest BCUT2D eigenvalue weighted by atomic mass is 9.84. The molecule has 1 aliphatic rings. The van der Waals surface area contributed by atoms with Crippen LogP contribution in [-0.2, 0) is 4.79 Å². The van der Waals surface area contributed by atoms with Gasteiger partial charge in [-0.3, -0.25) is 9.69 Å². The monoisotopic (exact) mass is 353 g/mol. The fraction of sp³-hybridized carbons (Fsp3) is 0.588. The summed E-state index contributed by atoms with van der Waals surface area (Å²) in [6, 6.07) is 8.84. The Balaban J connectivity index is 2.01. The van der Waals surface area contributed by atoms with Gasteiger partial charge in [-0.2, -0.15) is 0 Å². The van der Waals surface area contributed by atoms with Gasteiger partial charge in [0, 0.05) is 23.5 Å². The molecular weight excluding hydrogens is 330 g/mol. The molecule has 0 saturated carbocycles. The molecule has 3 unspecified atom stereocenters. The van der Waals surface area contributed by atoms with Crippen molar-refractivity contribution in [3.05, 3.63) is 34.3 Å². The molecule has 3 atom stereocenters. The van der Waals surface area contributed by atoms with Crippen LogP contribution in [0.4, 0.5) is 0 Å². The van der Waals surface area contributed by atoms with E-state index in [1.54, 1.807) is 0 Å². The van der Waals surface area contributed by atoms with Gasteiger partial charge in [-0.15, -0.1) is 0 Å². The van der Waals surface area contributed by atoms with Crippen LogP contribution < -0.4 is 0 Å². The number of carboxylic acid groups (broad SMARTS) is 1. The number of piperidine rings is 1. The van der Waals surface area contributed by atoms with Crippen LogP contribution in [-0.4, -0.2) is 29.1 Å². The molecule has 1 aromatic carbocycles. The van der Waals surface area contributed by atoms with Crippen molar-refractivity contribution in [3.63, 3.8) is 0 Å². The van der Waals surface area contributed by atoms with E-state index in [9.17, 15) is 4.79 Å². The van der Waals surface area contributed by atoms with Crippen LogP contribution in [0.25, 0.3) is 0 Å². The zero-order chi connectivity index (χ0) is 15.4. The van der Waals surface area contributed by atoms with E-state index in [-0.39, 0.29) is 12.3 Å². The minimum Gasteiger partial charge on any atom is -0.481 e. The van der Waals surface area contributed by atoms with Crippen LogP contribution in [0.3, 0.4) is 0 Å². The highest BCUT2D eigenvalue weighted by Crippen LogP contribution is 2.31. The Bertz CT molecular complexity index is 491. The van der Waals surface area contributed by atoms with E-state index in [4.69, 9.17) is 5.11 Å². The van der Waals surface area contributed by atoms with Gasteiger partial charge in [0.05, 0.1) is 0 Å². The summed E-state index contributed by atoms with van der Waals surface area (Å²) in [5.41, 5.74) is 1.32. The molecule has 0 bridgehead atoms. The molecule has 1 saturated heterocycles. The number of halogens is 1. The second kappa shape index (κ2) is 7.41. The number of carboxylic acids is 1. The van der Waals surface area contributed by atoms with Crippen LogP contribution in [0.5, 0.6) is 0 Å². The SMILES string of the molecule is CC(CC(=O)O)C1CCCN(C(C)c2cccc(Br)c2)C1. The molecule has 116 valence electrons. The van der Waals surface area contributed by atoms with Crippen LogP contribution in [0.15, 0.2) is 28.7 Å². The first-order valence-corrected chi connectivity index (χ1v) is 8.48. The zero-order valence-corrected chi connectivity index (χ0v) is 14.3. The van der Waals surface area contributed by atoms with E-state index in [0.29, 0.717) is 12.0 Å². The number of aliphatic carboxylic acids is 1. The lowest BCUT2D eigenvalue weighted by Gasteiger charge is -2.39. The Morgan fingerprint density at radius 2 is 2.24 bits per heavy atom. The van der Waals surface area contributed by atoms with Gasteiger partial charge in [-0.05, 0) is 55.8 Å². The van der Waals surface area contributed by atoms with Gasteiger partial charge < -0.3 is 5.11 Å². The number of rotatable bonds is 5. The maximum absolute atomic E-state index is 10.9. The van der Waals surface area contributed by atoms with Gasteiger partial charge >= 0.3 is 5.97 Å². The van der Waals surface area contributed by atoms with Crippen molar-refractivity contribution in [2.75, 3.05) is 13.1 Å². The molecule has 0 spiro atoms. The summed E-state index contributed by atoms with van der Waals surface area (Å²) in [6.45, 7) is 6.42. The standard InChI is InChI=1S/C17H24BrNO2/c1-12(9-17(20)21)15-6-4-8-19(11-15)13(2)14-5-3-7-16(18)10-14/h3,5,7,10,12-13,15H,4,6,8-9,11H2,1-2H3,(H,20,21). The summed E-state index contributed by atoms with van der Waals surface area (Å²) in [5.74, 6) is 0.0594. The van der Waals surface area contributed by atoms with E-state index in [0.717, 1.165) is 30.4 Å². The summed E-state index contributed by atoms with van der Waals surface area (Å²) in [4.78, 5) is 13.4. The van der Waals surface area contributed by atoms with Crippen molar-refractivity contribution >= 4 is 21.9 Å². The third-order valence-corrected chi connectivity index (χ3v) is 5.16. The van der Waals surface area contributed by atoms with Gasteiger partial charge in [-0.25, -0.2) is 0 Å². The average molecular weight is 354 g/mol. The topological polar surface area (TPSA) is 40.5 Å². The first-order chi connectivity index (χ1) is 9.97. The molecular formula is C17H24BrNO2. The molecule has 21 heavy (non-hydrogen) atoms. The van der Waals surface area contributed by atoms with Gasteiger partial charge in [0.2, 0.25) is 0 Å². The predicted octanol–water partition coefficient (Wildman–Crippen LogP) is 4.33. The maximum Gasteiger partial charge on any atom is 0.303 e. The second-order valence-electron chi connectivity index (χ2n) is 6.20. The molecule has 1 heterocycles. The average Bonchev–Trinajstić information content (AvgIpc) is 2.46. The molecule has 1 aromatic rings. The van der Waals surface area contributed by atoms with Crippen molar-refractivity contribution < 1.29 is 9.90 Å². The van der Waals surface area contributed by atoms with Gasteiger partial charge in [-0.1, -0.05) is 35.0 Å². The number of carbonyl (C=O) groups is 1. The first-order valence-electron chi connectivity index (χ1n) is 7.68. The van der Waals surface area contributed by atoms with Crippen LogP contribution in [0.1, 0.15) is 44.7 Å². The largest absolute Gasteiger partial charge is 0.481 e. The molecule has 0 aromatic heterocycles. The Morgan fingerprint density at radius 3 is 2.90 bits per heavy atom. The lowest BCUT2D eigenvalue weighted by molar-refractivity contribution is -0.138. The summed E-state index contributed by atoms with van der Waals surface area (Å²) >= 11 is 3.53. The lowest BCUT2D eigenvalue weighted by Crippen LogP contribution is -2.39. The summed E-state index contributed by atoms with van der Waals surface area (Å²) < 4.78 is 1.11. The Hall–Kier alpha value is -0.870. The molecule has 1 N–H and O–H groups in total. The normalized spacial score (nSPS) is 22.7. The second-order valence-corrected chi connectivity index (χ2v) is 7.12. The number of hydrogen-bond donors (Lipinski definition) is 1. The molecule has 1 aliphatic heterocycles. The van der Waals surface area contributed by atoms with Gasteiger partial charge in [0.25, 0.3) is 0 Å². The molecule has 0 radical (unpaired) electrons. The fourth-order valence-corrected chi connectivity index (χ4v) is 3.69. The van der Waals surface area contributed by atoms with Crippen molar-refractivity contribution in [2.45, 2.75) is 39.2 Å². The summed E-state index contributed by atoms with van der Waals surface area (Å²) in [5, 5.41) is 8.98. The smallest absolute Gasteiger partial charge is 0.303 e. The molecule has 1 fully saturated rings.